The van der Waals surface area contributed by atoms with E-state index in [-0.39, 0.29) is 24.3 Å². The maximum absolute atomic E-state index is 12.9. The van der Waals surface area contributed by atoms with Crippen molar-refractivity contribution in [2.45, 2.75) is 37.5 Å². The fourth-order valence-electron chi connectivity index (χ4n) is 3.07. The summed E-state index contributed by atoms with van der Waals surface area (Å²) in [6.07, 6.45) is 2.09. The molecule has 2 fully saturated rings. The highest BCUT2D eigenvalue weighted by Gasteiger charge is 2.46. The SMILES string of the molecule is Cc1ccccc1N=C1SC(CC(=O)Nc2ccc(Cl)cc2)C(=O)N1C1CC1. The lowest BCUT2D eigenvalue weighted by molar-refractivity contribution is -0.128. The monoisotopic (exact) mass is 413 g/mol. The molecule has 2 amide bonds. The van der Waals surface area contributed by atoms with Crippen molar-refractivity contribution in [2.75, 3.05) is 5.32 Å². The first kappa shape index (κ1) is 19.0. The van der Waals surface area contributed by atoms with E-state index in [1.807, 2.05) is 31.2 Å². The molecule has 1 unspecified atom stereocenters. The summed E-state index contributed by atoms with van der Waals surface area (Å²) in [5.74, 6) is -0.216. The molecule has 1 heterocycles. The summed E-state index contributed by atoms with van der Waals surface area (Å²) in [5.41, 5.74) is 2.58. The van der Waals surface area contributed by atoms with Crippen molar-refractivity contribution >= 4 is 51.7 Å². The molecule has 2 aromatic rings. The van der Waals surface area contributed by atoms with Gasteiger partial charge in [-0.25, -0.2) is 4.99 Å². The van der Waals surface area contributed by atoms with E-state index in [1.54, 1.807) is 29.2 Å². The smallest absolute Gasteiger partial charge is 0.242 e. The van der Waals surface area contributed by atoms with Crippen LogP contribution in [0.5, 0.6) is 0 Å². The van der Waals surface area contributed by atoms with Crippen molar-refractivity contribution < 1.29 is 9.59 Å². The van der Waals surface area contributed by atoms with Crippen LogP contribution in [-0.2, 0) is 9.59 Å². The van der Waals surface area contributed by atoms with Crippen LogP contribution in [0.3, 0.4) is 0 Å². The number of nitrogens with one attached hydrogen (secondary N) is 1. The molecule has 2 aromatic carbocycles. The third-order valence-electron chi connectivity index (χ3n) is 4.71. The third kappa shape index (κ3) is 4.23. The topological polar surface area (TPSA) is 61.8 Å². The highest BCUT2D eigenvalue weighted by Crippen LogP contribution is 2.39. The first-order chi connectivity index (χ1) is 13.5. The van der Waals surface area contributed by atoms with Gasteiger partial charge in [0.1, 0.15) is 5.25 Å². The van der Waals surface area contributed by atoms with Gasteiger partial charge in [0.2, 0.25) is 11.8 Å². The second-order valence-corrected chi connectivity index (χ2v) is 8.59. The molecule has 2 aliphatic rings. The number of para-hydroxylation sites is 1. The van der Waals surface area contributed by atoms with Crippen molar-refractivity contribution in [1.82, 2.24) is 4.90 Å². The number of hydrogen-bond donors (Lipinski definition) is 1. The zero-order valence-corrected chi connectivity index (χ0v) is 17.0. The van der Waals surface area contributed by atoms with Gasteiger partial charge < -0.3 is 5.32 Å². The lowest BCUT2D eigenvalue weighted by Crippen LogP contribution is -2.35. The molecule has 0 radical (unpaired) electrons. The van der Waals surface area contributed by atoms with Gasteiger partial charge in [-0.1, -0.05) is 41.6 Å². The van der Waals surface area contributed by atoms with Crippen molar-refractivity contribution in [2.24, 2.45) is 4.99 Å². The number of carbonyl (C=O) groups excluding carboxylic acids is 2. The van der Waals surface area contributed by atoms with Gasteiger partial charge in [0.25, 0.3) is 0 Å². The van der Waals surface area contributed by atoms with Crippen LogP contribution in [-0.4, -0.2) is 33.2 Å². The Bertz CT molecular complexity index is 941. The molecule has 1 aliphatic carbocycles. The Kier molecular flexibility index (Phi) is 5.42. The van der Waals surface area contributed by atoms with Gasteiger partial charge in [0.05, 0.1) is 5.69 Å². The molecule has 0 aromatic heterocycles. The number of carbonyl (C=O) groups is 2. The molecule has 1 aliphatic heterocycles. The van der Waals surface area contributed by atoms with Crippen LogP contribution in [0, 0.1) is 6.92 Å². The lowest BCUT2D eigenvalue weighted by Gasteiger charge is -2.15. The molecule has 28 heavy (non-hydrogen) atoms. The van der Waals surface area contributed by atoms with Crippen molar-refractivity contribution in [3.8, 4) is 0 Å². The van der Waals surface area contributed by atoms with Crippen LogP contribution < -0.4 is 5.32 Å². The van der Waals surface area contributed by atoms with Gasteiger partial charge in [0.15, 0.2) is 5.17 Å². The Morgan fingerprint density at radius 3 is 2.61 bits per heavy atom. The standard InChI is InChI=1S/C21H20ClN3O2S/c1-13-4-2-3-5-17(13)24-21-25(16-10-11-16)20(27)18(28-21)12-19(26)23-15-8-6-14(22)7-9-15/h2-9,16,18H,10-12H2,1H3,(H,23,26). The molecule has 4 rings (SSSR count). The van der Waals surface area contributed by atoms with Crippen LogP contribution in [0.25, 0.3) is 0 Å². The number of benzene rings is 2. The number of rotatable bonds is 5. The zero-order chi connectivity index (χ0) is 19.7. The summed E-state index contributed by atoms with van der Waals surface area (Å²) < 4.78 is 0. The number of anilines is 1. The fraction of sp³-hybridized carbons (Fsp3) is 0.286. The van der Waals surface area contributed by atoms with Crippen LogP contribution in [0.1, 0.15) is 24.8 Å². The second-order valence-electron chi connectivity index (χ2n) is 6.99. The van der Waals surface area contributed by atoms with Crippen LogP contribution in [0.4, 0.5) is 11.4 Å². The second kappa shape index (κ2) is 7.97. The van der Waals surface area contributed by atoms with Crippen molar-refractivity contribution in [3.05, 3.63) is 59.1 Å². The Morgan fingerprint density at radius 1 is 1.21 bits per heavy atom. The van der Waals surface area contributed by atoms with Crippen LogP contribution >= 0.6 is 23.4 Å². The van der Waals surface area contributed by atoms with E-state index < -0.39 is 5.25 Å². The average Bonchev–Trinajstić information content (AvgIpc) is 3.45. The van der Waals surface area contributed by atoms with E-state index in [0.29, 0.717) is 15.9 Å². The predicted molar refractivity (Wildman–Crippen MR) is 114 cm³/mol. The van der Waals surface area contributed by atoms with Gasteiger partial charge in [-0.2, -0.15) is 0 Å². The predicted octanol–water partition coefficient (Wildman–Crippen LogP) is 4.77. The Hall–Kier alpha value is -2.31. The average molecular weight is 414 g/mol. The summed E-state index contributed by atoms with van der Waals surface area (Å²) in [6, 6.07) is 15.0. The van der Waals surface area contributed by atoms with Gasteiger partial charge >= 0.3 is 0 Å². The molecular formula is C21H20ClN3O2S. The molecular weight excluding hydrogens is 394 g/mol. The van der Waals surface area contributed by atoms with Gasteiger partial charge in [-0.3, -0.25) is 14.5 Å². The molecule has 5 nitrogen and oxygen atoms in total. The van der Waals surface area contributed by atoms with E-state index >= 15 is 0 Å². The maximum atomic E-state index is 12.9. The summed E-state index contributed by atoms with van der Waals surface area (Å²) in [7, 11) is 0. The van der Waals surface area contributed by atoms with Crippen molar-refractivity contribution in [3.63, 3.8) is 0 Å². The first-order valence-corrected chi connectivity index (χ1v) is 10.5. The largest absolute Gasteiger partial charge is 0.326 e. The molecule has 1 atom stereocenters. The van der Waals surface area contributed by atoms with Gasteiger partial charge in [-0.15, -0.1) is 0 Å². The Labute approximate surface area is 173 Å². The molecule has 7 heteroatoms. The quantitative estimate of drug-likeness (QED) is 0.767. The number of hydrogen-bond acceptors (Lipinski definition) is 4. The zero-order valence-electron chi connectivity index (χ0n) is 15.4. The first-order valence-electron chi connectivity index (χ1n) is 9.21. The molecule has 0 spiro atoms. The Balaban J connectivity index is 1.49. The number of thioether (sulfide) groups is 1. The van der Waals surface area contributed by atoms with E-state index in [0.717, 1.165) is 24.1 Å². The number of nitrogens with zero attached hydrogens (tertiary/aromatic N) is 2. The lowest BCUT2D eigenvalue weighted by atomic mass is 10.2. The minimum atomic E-state index is -0.448. The highest BCUT2D eigenvalue weighted by molar-refractivity contribution is 8.15. The summed E-state index contributed by atoms with van der Waals surface area (Å²) >= 11 is 7.26. The normalized spacial score (nSPS) is 20.6. The van der Waals surface area contributed by atoms with E-state index in [2.05, 4.69) is 5.32 Å². The van der Waals surface area contributed by atoms with Crippen LogP contribution in [0.2, 0.25) is 5.02 Å². The number of aliphatic imine (C=N–C) groups is 1. The summed E-state index contributed by atoms with van der Waals surface area (Å²) in [6.45, 7) is 2.00. The molecule has 144 valence electrons. The molecule has 0 bridgehead atoms. The van der Waals surface area contributed by atoms with E-state index in [9.17, 15) is 9.59 Å². The fourth-order valence-corrected chi connectivity index (χ4v) is 4.40. The number of amidine groups is 1. The summed E-state index contributed by atoms with van der Waals surface area (Å²) in [5, 5.41) is 3.69. The number of amides is 2. The van der Waals surface area contributed by atoms with Crippen molar-refractivity contribution in [1.29, 1.82) is 0 Å². The van der Waals surface area contributed by atoms with Gasteiger partial charge in [0, 0.05) is 23.2 Å². The third-order valence-corrected chi connectivity index (χ3v) is 6.11. The Morgan fingerprint density at radius 2 is 1.93 bits per heavy atom. The van der Waals surface area contributed by atoms with E-state index in [1.165, 1.54) is 11.8 Å². The van der Waals surface area contributed by atoms with Gasteiger partial charge in [-0.05, 0) is 55.7 Å². The van der Waals surface area contributed by atoms with Crippen LogP contribution in [0.15, 0.2) is 53.5 Å². The summed E-state index contributed by atoms with van der Waals surface area (Å²) in [4.78, 5) is 31.9. The maximum Gasteiger partial charge on any atom is 0.242 e. The number of aryl methyl sites for hydroxylation is 1. The highest BCUT2D eigenvalue weighted by atomic mass is 35.5. The van der Waals surface area contributed by atoms with E-state index in [4.69, 9.17) is 16.6 Å². The molecule has 1 saturated heterocycles. The minimum absolute atomic E-state index is 0.0221. The number of halogens is 1. The molecule has 1 N–H and O–H groups in total. The molecule has 1 saturated carbocycles. The minimum Gasteiger partial charge on any atom is -0.326 e.